The van der Waals surface area contributed by atoms with Gasteiger partial charge in [0.1, 0.15) is 0 Å². The average molecular weight is 302 g/mol. The molecule has 0 radical (unpaired) electrons. The Hall–Kier alpha value is -1.52. The molecule has 2 aliphatic rings. The summed E-state index contributed by atoms with van der Waals surface area (Å²) in [5.74, 6) is -0.444. The van der Waals surface area contributed by atoms with E-state index in [1.165, 1.54) is 0 Å². The summed E-state index contributed by atoms with van der Waals surface area (Å²) in [7, 11) is 0. The van der Waals surface area contributed by atoms with Gasteiger partial charge in [0.25, 0.3) is 0 Å². The maximum atomic E-state index is 10.6. The maximum absolute atomic E-state index is 10.6. The van der Waals surface area contributed by atoms with Gasteiger partial charge < -0.3 is 20.4 Å². The van der Waals surface area contributed by atoms with Crippen molar-refractivity contribution < 1.29 is 37.5 Å². The van der Waals surface area contributed by atoms with Gasteiger partial charge in [-0.2, -0.15) is 0 Å². The van der Waals surface area contributed by atoms with Crippen LogP contribution in [-0.4, -0.2) is 23.4 Å². The summed E-state index contributed by atoms with van der Waals surface area (Å²) in [4.78, 5) is 0. The molecule has 0 aliphatic heterocycles. The predicted octanol–water partition coefficient (Wildman–Crippen LogP) is -0.564. The van der Waals surface area contributed by atoms with Crippen molar-refractivity contribution in [2.24, 2.45) is 0 Å². The third-order valence-corrected chi connectivity index (χ3v) is 2.26. The van der Waals surface area contributed by atoms with Crippen molar-refractivity contribution in [2.45, 2.75) is 0 Å². The van der Waals surface area contributed by atoms with Crippen LogP contribution < -0.4 is 10.2 Å². The number of allylic oxidation sites excluding steroid dienone is 10. The van der Waals surface area contributed by atoms with E-state index in [4.69, 9.17) is 10.2 Å². The Bertz CT molecular complexity index is 396. The molecule has 2 aliphatic carbocycles. The molecule has 0 saturated carbocycles. The number of rotatable bonds is 2. The molecule has 2 N–H and O–H groups in total. The Kier molecular flexibility index (Phi) is 8.66. The van der Waals surface area contributed by atoms with Crippen LogP contribution in [0.1, 0.15) is 0 Å². The second-order valence-corrected chi connectivity index (χ2v) is 3.51. The van der Waals surface area contributed by atoms with E-state index < -0.39 is 13.2 Å². The third-order valence-electron chi connectivity index (χ3n) is 2.26. The van der Waals surface area contributed by atoms with E-state index in [2.05, 4.69) is 0 Å². The van der Waals surface area contributed by atoms with Gasteiger partial charge in [-0.05, 0) is 11.1 Å². The van der Waals surface area contributed by atoms with Gasteiger partial charge in [-0.25, -0.2) is 0 Å². The minimum atomic E-state index is -0.399. The molecule has 0 saturated heterocycles. The second kappa shape index (κ2) is 9.41. The molecule has 0 heterocycles. The Labute approximate surface area is 122 Å². The molecule has 0 unspecified atom stereocenters. The summed E-state index contributed by atoms with van der Waals surface area (Å²) >= 11 is 0. The van der Waals surface area contributed by atoms with E-state index in [-0.39, 0.29) is 28.6 Å². The molecule has 0 amide bonds. The number of aliphatic hydroxyl groups is 2. The van der Waals surface area contributed by atoms with Crippen molar-refractivity contribution in [3.8, 4) is 0 Å². The number of aliphatic hydroxyl groups excluding tert-OH is 2. The average Bonchev–Trinajstić information content (AvgIpc) is 3.09. The molecule has 4 nitrogen and oxygen atoms in total. The fourth-order valence-electron chi connectivity index (χ4n) is 1.30. The molecule has 19 heavy (non-hydrogen) atoms. The molecule has 0 bridgehead atoms. The van der Waals surface area contributed by atoms with Gasteiger partial charge >= 0.3 is 17.1 Å². The maximum Gasteiger partial charge on any atom is 2.00 e. The van der Waals surface area contributed by atoms with E-state index >= 15 is 0 Å². The summed E-state index contributed by atoms with van der Waals surface area (Å²) in [6.07, 6.45) is 13.8. The molecule has 102 valence electrons. The second-order valence-electron chi connectivity index (χ2n) is 3.51. The first kappa shape index (κ1) is 17.5. The monoisotopic (exact) mass is 302 g/mol. The number of hydrogen-bond acceptors (Lipinski definition) is 4. The largest absolute Gasteiger partial charge is 2.00 e. The Morgan fingerprint density at radius 2 is 1.00 bits per heavy atom. The fraction of sp³-hybridized carbons (Fsp3) is 0.143. The van der Waals surface area contributed by atoms with Crippen LogP contribution >= 0.6 is 0 Å². The summed E-state index contributed by atoms with van der Waals surface area (Å²) in [5.41, 5.74) is 1.16. The Morgan fingerprint density at radius 3 is 1.21 bits per heavy atom. The van der Waals surface area contributed by atoms with Crippen LogP contribution in [0.15, 0.2) is 71.3 Å². The van der Waals surface area contributed by atoms with Crippen LogP contribution in [0, 0.1) is 0 Å². The van der Waals surface area contributed by atoms with Crippen LogP contribution in [0.5, 0.6) is 0 Å². The molecule has 0 fully saturated rings. The van der Waals surface area contributed by atoms with Gasteiger partial charge in [0.05, 0.1) is 13.2 Å². The van der Waals surface area contributed by atoms with Gasteiger partial charge in [0.15, 0.2) is 0 Å². The van der Waals surface area contributed by atoms with Gasteiger partial charge in [0.2, 0.25) is 0 Å². The van der Waals surface area contributed by atoms with E-state index in [9.17, 15) is 10.2 Å². The first-order chi connectivity index (χ1) is 8.69. The van der Waals surface area contributed by atoms with Crippen LogP contribution in [0.3, 0.4) is 0 Å². The van der Waals surface area contributed by atoms with Crippen LogP contribution in [0.4, 0.5) is 0 Å². The van der Waals surface area contributed by atoms with E-state index in [1.54, 1.807) is 48.6 Å². The molecule has 0 aromatic rings. The van der Waals surface area contributed by atoms with E-state index in [0.717, 1.165) is 0 Å². The normalized spacial score (nSPS) is 14.2. The zero-order chi connectivity index (χ0) is 13.4. The SMILES string of the molecule is [Fe+2].[O-]C(CO)=C1C=CC=C1.[O-]C(CO)=C1C=CC=C1. The van der Waals surface area contributed by atoms with Gasteiger partial charge in [-0.15, -0.1) is 0 Å². The molecule has 0 spiro atoms. The third kappa shape index (κ3) is 5.77. The van der Waals surface area contributed by atoms with Crippen molar-refractivity contribution >= 4 is 0 Å². The zero-order valence-electron chi connectivity index (χ0n) is 10.1. The summed E-state index contributed by atoms with van der Waals surface area (Å²) in [5, 5.41) is 38.0. The van der Waals surface area contributed by atoms with Crippen LogP contribution in [0.25, 0.3) is 0 Å². The summed E-state index contributed by atoms with van der Waals surface area (Å²) in [6.45, 7) is -0.798. The van der Waals surface area contributed by atoms with Gasteiger partial charge in [-0.3, -0.25) is 0 Å². The molecule has 0 aromatic heterocycles. The van der Waals surface area contributed by atoms with E-state index in [1.807, 2.05) is 0 Å². The summed E-state index contributed by atoms with van der Waals surface area (Å²) < 4.78 is 0. The summed E-state index contributed by atoms with van der Waals surface area (Å²) in [6, 6.07) is 0. The first-order valence-corrected chi connectivity index (χ1v) is 5.40. The van der Waals surface area contributed by atoms with Crippen molar-refractivity contribution in [3.63, 3.8) is 0 Å². The van der Waals surface area contributed by atoms with Crippen molar-refractivity contribution in [2.75, 3.05) is 13.2 Å². The minimum Gasteiger partial charge on any atom is -0.873 e. The van der Waals surface area contributed by atoms with Crippen molar-refractivity contribution in [1.29, 1.82) is 0 Å². The molecular weight excluding hydrogens is 288 g/mol. The Balaban J connectivity index is 0.000000324. The quantitative estimate of drug-likeness (QED) is 0.528. The Morgan fingerprint density at radius 1 is 0.737 bits per heavy atom. The predicted molar refractivity (Wildman–Crippen MR) is 64.8 cm³/mol. The molecule has 5 heteroatoms. The first-order valence-electron chi connectivity index (χ1n) is 5.40. The number of hydrogen-bond donors (Lipinski definition) is 2. The smallest absolute Gasteiger partial charge is 0.873 e. The zero-order valence-corrected chi connectivity index (χ0v) is 11.2. The molecule has 0 aromatic carbocycles. The van der Waals surface area contributed by atoms with Crippen molar-refractivity contribution in [3.05, 3.63) is 71.3 Å². The van der Waals surface area contributed by atoms with Gasteiger partial charge in [0, 0.05) is 0 Å². The topological polar surface area (TPSA) is 86.6 Å². The van der Waals surface area contributed by atoms with Gasteiger partial charge in [-0.1, -0.05) is 60.1 Å². The van der Waals surface area contributed by atoms with Crippen LogP contribution in [0.2, 0.25) is 0 Å². The standard InChI is InChI=1S/2C7H8O2.Fe/c2*8-5-7(9)6-3-1-2-4-6;/h2*1-4,8-9H,5H2;/q;;+2/p-2. The van der Waals surface area contributed by atoms with Crippen LogP contribution in [-0.2, 0) is 17.1 Å². The minimum absolute atomic E-state index is 0. The van der Waals surface area contributed by atoms with Crippen molar-refractivity contribution in [1.82, 2.24) is 0 Å². The fourth-order valence-corrected chi connectivity index (χ4v) is 1.30. The van der Waals surface area contributed by atoms with E-state index in [0.29, 0.717) is 11.1 Å². The molecular formula is C14H14FeO4. The molecule has 0 atom stereocenters. The molecule has 2 rings (SSSR count).